The number of hydrogen-bond acceptors (Lipinski definition) is 5. The van der Waals surface area contributed by atoms with Crippen LogP contribution < -0.4 is 10.6 Å². The summed E-state index contributed by atoms with van der Waals surface area (Å²) < 4.78 is 0.844. The molecule has 2 fully saturated rings. The normalized spacial score (nSPS) is 24.6. The fourth-order valence-electron chi connectivity index (χ4n) is 3.83. The van der Waals surface area contributed by atoms with E-state index in [0.29, 0.717) is 5.69 Å². The number of halogens is 1. The molecule has 2 aromatic rings. The average molecular weight is 444 g/mol. The maximum atomic E-state index is 13.3. The van der Waals surface area contributed by atoms with E-state index in [-0.39, 0.29) is 12.5 Å². The average Bonchev–Trinajstić information content (AvgIpc) is 3.11. The van der Waals surface area contributed by atoms with Crippen molar-refractivity contribution in [1.29, 1.82) is 0 Å². The summed E-state index contributed by atoms with van der Waals surface area (Å²) in [4.78, 5) is 44.7. The molecule has 2 aliphatic heterocycles. The minimum Gasteiger partial charge on any atom is -0.368 e. The molecule has 8 heteroatoms. The second-order valence-corrected chi connectivity index (χ2v) is 7.86. The van der Waals surface area contributed by atoms with Gasteiger partial charge in [0.25, 0.3) is 5.91 Å². The minimum absolute atomic E-state index is 0.204. The zero-order valence-electron chi connectivity index (χ0n) is 15.0. The van der Waals surface area contributed by atoms with Crippen molar-refractivity contribution < 1.29 is 19.2 Å². The molecule has 0 radical (unpaired) electrons. The number of primary amides is 1. The first kappa shape index (κ1) is 18.8. The fraction of sp³-hybridized carbons (Fsp3) is 0.250. The highest BCUT2D eigenvalue weighted by atomic mass is 79.9. The van der Waals surface area contributed by atoms with Crippen LogP contribution in [-0.2, 0) is 19.2 Å². The number of rotatable bonds is 4. The molecule has 2 N–H and O–H groups in total. The van der Waals surface area contributed by atoms with Crippen molar-refractivity contribution >= 4 is 39.3 Å². The van der Waals surface area contributed by atoms with Crippen LogP contribution in [0, 0.1) is 12.8 Å². The largest absolute Gasteiger partial charge is 0.368 e. The van der Waals surface area contributed by atoms with Gasteiger partial charge in [-0.15, -0.1) is 0 Å². The van der Waals surface area contributed by atoms with Crippen LogP contribution in [0.15, 0.2) is 53.0 Å². The molecule has 2 saturated heterocycles. The highest BCUT2D eigenvalue weighted by Gasteiger charge is 2.60. The zero-order valence-corrected chi connectivity index (χ0v) is 16.6. The van der Waals surface area contributed by atoms with Crippen molar-refractivity contribution in [3.63, 3.8) is 0 Å². The molecule has 4 rings (SSSR count). The van der Waals surface area contributed by atoms with Gasteiger partial charge in [-0.1, -0.05) is 45.8 Å². The van der Waals surface area contributed by atoms with Gasteiger partial charge in [0.05, 0.1) is 17.6 Å². The van der Waals surface area contributed by atoms with Gasteiger partial charge in [-0.05, 0) is 36.8 Å². The van der Waals surface area contributed by atoms with Crippen LogP contribution in [0.2, 0.25) is 0 Å². The molecule has 3 atom stereocenters. The standard InChI is InChI=1S/C20H18BrN3O4/c1-11-3-2-4-12(9-11)17-16-18(28-23(17)10-15(22)25)20(27)24(19(16)26)14-7-5-13(21)6-8-14/h2-9,16-18H,10H2,1H3,(H2,22,25). The number of aryl methyl sites for hydroxylation is 1. The molecule has 3 unspecified atom stereocenters. The number of hydroxylamine groups is 2. The summed E-state index contributed by atoms with van der Waals surface area (Å²) in [6.45, 7) is 1.73. The lowest BCUT2D eigenvalue weighted by molar-refractivity contribution is -0.175. The van der Waals surface area contributed by atoms with Gasteiger partial charge in [0, 0.05) is 4.47 Å². The van der Waals surface area contributed by atoms with Crippen LogP contribution in [0.1, 0.15) is 17.2 Å². The van der Waals surface area contributed by atoms with E-state index in [1.165, 1.54) is 5.06 Å². The zero-order chi connectivity index (χ0) is 20.0. The van der Waals surface area contributed by atoms with Gasteiger partial charge in [-0.2, -0.15) is 5.06 Å². The summed E-state index contributed by atoms with van der Waals surface area (Å²) in [5, 5.41) is 1.36. The van der Waals surface area contributed by atoms with E-state index in [0.717, 1.165) is 20.5 Å². The van der Waals surface area contributed by atoms with Gasteiger partial charge < -0.3 is 5.73 Å². The molecule has 0 aliphatic carbocycles. The third-order valence-electron chi connectivity index (χ3n) is 4.98. The lowest BCUT2D eigenvalue weighted by Crippen LogP contribution is -2.40. The summed E-state index contributed by atoms with van der Waals surface area (Å²) >= 11 is 3.35. The van der Waals surface area contributed by atoms with E-state index in [1.54, 1.807) is 24.3 Å². The second-order valence-electron chi connectivity index (χ2n) is 6.94. The van der Waals surface area contributed by atoms with Gasteiger partial charge in [0.15, 0.2) is 6.10 Å². The van der Waals surface area contributed by atoms with Gasteiger partial charge >= 0.3 is 0 Å². The number of benzene rings is 2. The molecule has 0 saturated carbocycles. The SMILES string of the molecule is Cc1cccc(C2C3C(=O)N(c4ccc(Br)cc4)C(=O)C3ON2CC(N)=O)c1. The Hall–Kier alpha value is -2.55. The number of fused-ring (bicyclic) bond motifs is 1. The number of imide groups is 1. The number of carbonyl (C=O) groups excluding carboxylic acids is 3. The van der Waals surface area contributed by atoms with Gasteiger partial charge in [0.2, 0.25) is 11.8 Å². The number of nitrogens with two attached hydrogens (primary N) is 1. The third kappa shape index (κ3) is 3.13. The topological polar surface area (TPSA) is 92.9 Å². The number of anilines is 1. The van der Waals surface area contributed by atoms with E-state index in [9.17, 15) is 14.4 Å². The second kappa shape index (κ2) is 7.12. The lowest BCUT2D eigenvalue weighted by atomic mass is 9.90. The molecular formula is C20H18BrN3O4. The van der Waals surface area contributed by atoms with Crippen molar-refractivity contribution in [3.8, 4) is 0 Å². The van der Waals surface area contributed by atoms with E-state index in [4.69, 9.17) is 10.6 Å². The number of amides is 3. The Morgan fingerprint density at radius 2 is 1.86 bits per heavy atom. The van der Waals surface area contributed by atoms with Crippen molar-refractivity contribution in [2.45, 2.75) is 19.1 Å². The van der Waals surface area contributed by atoms with Crippen molar-refractivity contribution in [1.82, 2.24) is 5.06 Å². The molecule has 2 aliphatic rings. The molecule has 0 bridgehead atoms. The monoisotopic (exact) mass is 443 g/mol. The van der Waals surface area contributed by atoms with Crippen LogP contribution in [0.25, 0.3) is 0 Å². The van der Waals surface area contributed by atoms with Crippen molar-refractivity contribution in [2.75, 3.05) is 11.4 Å². The van der Waals surface area contributed by atoms with Gasteiger partial charge in [0.1, 0.15) is 6.54 Å². The van der Waals surface area contributed by atoms with E-state index >= 15 is 0 Å². The van der Waals surface area contributed by atoms with Crippen molar-refractivity contribution in [3.05, 3.63) is 64.1 Å². The van der Waals surface area contributed by atoms with E-state index in [2.05, 4.69) is 15.9 Å². The van der Waals surface area contributed by atoms with Crippen LogP contribution in [0.5, 0.6) is 0 Å². The number of nitrogens with zero attached hydrogens (tertiary/aromatic N) is 2. The Labute approximate surface area is 170 Å². The predicted octanol–water partition coefficient (Wildman–Crippen LogP) is 2.09. The lowest BCUT2D eigenvalue weighted by Gasteiger charge is -2.26. The number of carbonyl (C=O) groups is 3. The van der Waals surface area contributed by atoms with Gasteiger partial charge in [-0.25, -0.2) is 4.90 Å². The predicted molar refractivity (Wildman–Crippen MR) is 105 cm³/mol. The first-order valence-electron chi connectivity index (χ1n) is 8.78. The van der Waals surface area contributed by atoms with E-state index in [1.807, 2.05) is 31.2 Å². The molecule has 2 aromatic carbocycles. The maximum Gasteiger partial charge on any atom is 0.265 e. The fourth-order valence-corrected chi connectivity index (χ4v) is 4.10. The smallest absolute Gasteiger partial charge is 0.265 e. The Bertz CT molecular complexity index is 962. The summed E-state index contributed by atoms with van der Waals surface area (Å²) in [6.07, 6.45) is -0.985. The van der Waals surface area contributed by atoms with E-state index < -0.39 is 29.9 Å². The minimum atomic E-state index is -0.985. The van der Waals surface area contributed by atoms with Crippen LogP contribution in [0.3, 0.4) is 0 Å². The Morgan fingerprint density at radius 3 is 2.50 bits per heavy atom. The first-order chi connectivity index (χ1) is 13.4. The Morgan fingerprint density at radius 1 is 1.14 bits per heavy atom. The van der Waals surface area contributed by atoms with Crippen LogP contribution in [-0.4, -0.2) is 35.4 Å². The molecule has 144 valence electrons. The summed E-state index contributed by atoms with van der Waals surface area (Å²) in [5.74, 6) is -2.14. The van der Waals surface area contributed by atoms with Gasteiger partial charge in [-0.3, -0.25) is 19.2 Å². The third-order valence-corrected chi connectivity index (χ3v) is 5.50. The summed E-state index contributed by atoms with van der Waals surface area (Å²) in [7, 11) is 0. The molecular weight excluding hydrogens is 426 g/mol. The maximum absolute atomic E-state index is 13.3. The number of hydrogen-bond donors (Lipinski definition) is 1. The quantitative estimate of drug-likeness (QED) is 0.730. The summed E-state index contributed by atoms with van der Waals surface area (Å²) in [5.41, 5.74) is 7.64. The van der Waals surface area contributed by atoms with Crippen LogP contribution >= 0.6 is 15.9 Å². The highest BCUT2D eigenvalue weighted by molar-refractivity contribution is 9.10. The molecule has 0 aromatic heterocycles. The molecule has 7 nitrogen and oxygen atoms in total. The highest BCUT2D eigenvalue weighted by Crippen LogP contribution is 2.45. The Kier molecular flexibility index (Phi) is 4.78. The molecule has 28 heavy (non-hydrogen) atoms. The summed E-state index contributed by atoms with van der Waals surface area (Å²) in [6, 6.07) is 13.9. The molecule has 3 amide bonds. The Balaban J connectivity index is 1.74. The molecule has 0 spiro atoms. The van der Waals surface area contributed by atoms with Crippen LogP contribution in [0.4, 0.5) is 5.69 Å². The molecule has 2 heterocycles. The van der Waals surface area contributed by atoms with Crippen molar-refractivity contribution in [2.24, 2.45) is 11.7 Å². The first-order valence-corrected chi connectivity index (χ1v) is 9.58.